The molecule has 1 rings (SSSR count). The molecule has 1 aliphatic heterocycles. The van der Waals surface area contributed by atoms with Crippen molar-refractivity contribution in [1.29, 1.82) is 0 Å². The van der Waals surface area contributed by atoms with Crippen molar-refractivity contribution >= 4 is 17.8 Å². The van der Waals surface area contributed by atoms with Gasteiger partial charge >= 0.3 is 5.97 Å². The van der Waals surface area contributed by atoms with Gasteiger partial charge in [-0.05, 0) is 18.3 Å². The second-order valence-corrected chi connectivity index (χ2v) is 7.19. The van der Waals surface area contributed by atoms with Gasteiger partial charge in [-0.15, -0.1) is 0 Å². The maximum atomic E-state index is 12.3. The van der Waals surface area contributed by atoms with Crippen LogP contribution in [0.3, 0.4) is 0 Å². The minimum Gasteiger partial charge on any atom is -0.481 e. The number of hydrogen-bond acceptors (Lipinski definition) is 3. The van der Waals surface area contributed by atoms with Gasteiger partial charge in [-0.1, -0.05) is 27.7 Å². The first-order chi connectivity index (χ1) is 9.51. The van der Waals surface area contributed by atoms with Crippen molar-refractivity contribution < 1.29 is 19.5 Å². The van der Waals surface area contributed by atoms with Crippen LogP contribution >= 0.6 is 0 Å². The number of carbonyl (C=O) groups excluding carboxylic acids is 2. The smallest absolute Gasteiger partial charge is 0.308 e. The molecule has 6 heteroatoms. The zero-order valence-electron chi connectivity index (χ0n) is 13.5. The summed E-state index contributed by atoms with van der Waals surface area (Å²) in [6, 6.07) is -0.625. The quantitative estimate of drug-likeness (QED) is 0.814. The summed E-state index contributed by atoms with van der Waals surface area (Å²) >= 11 is 0. The fourth-order valence-electron chi connectivity index (χ4n) is 2.58. The Bertz CT molecular complexity index is 428. The minimum atomic E-state index is -0.873. The van der Waals surface area contributed by atoms with Crippen LogP contribution in [-0.4, -0.2) is 46.9 Å². The van der Waals surface area contributed by atoms with E-state index in [1.807, 2.05) is 27.7 Å². The maximum Gasteiger partial charge on any atom is 0.308 e. The highest BCUT2D eigenvalue weighted by atomic mass is 16.4. The molecule has 0 aromatic carbocycles. The molecule has 3 atom stereocenters. The molecule has 0 radical (unpaired) electrons. The second-order valence-electron chi connectivity index (χ2n) is 7.19. The number of likely N-dealkylation sites (tertiary alicyclic amines) is 1. The van der Waals surface area contributed by atoms with E-state index in [9.17, 15) is 14.4 Å². The molecule has 2 N–H and O–H groups in total. The molecular formula is C15H26N2O4. The monoisotopic (exact) mass is 298 g/mol. The van der Waals surface area contributed by atoms with E-state index in [4.69, 9.17) is 5.11 Å². The third-order valence-electron chi connectivity index (χ3n) is 3.68. The normalized spacial score (nSPS) is 23.8. The van der Waals surface area contributed by atoms with E-state index in [2.05, 4.69) is 5.32 Å². The van der Waals surface area contributed by atoms with Crippen LogP contribution in [0.2, 0.25) is 0 Å². The third kappa shape index (κ3) is 5.02. The molecule has 1 heterocycles. The average molecular weight is 298 g/mol. The molecule has 2 amide bonds. The van der Waals surface area contributed by atoms with Crippen LogP contribution in [0.4, 0.5) is 0 Å². The zero-order chi connectivity index (χ0) is 16.4. The predicted octanol–water partition coefficient (Wildman–Crippen LogP) is 1.11. The van der Waals surface area contributed by atoms with Crippen molar-refractivity contribution in [3.8, 4) is 0 Å². The topological polar surface area (TPSA) is 86.7 Å². The maximum absolute atomic E-state index is 12.3. The van der Waals surface area contributed by atoms with E-state index >= 15 is 0 Å². The van der Waals surface area contributed by atoms with Gasteiger partial charge in [-0.25, -0.2) is 0 Å². The molecule has 1 fully saturated rings. The number of nitrogens with zero attached hydrogens (tertiary/aromatic N) is 1. The summed E-state index contributed by atoms with van der Waals surface area (Å²) in [4.78, 5) is 36.7. The summed E-state index contributed by atoms with van der Waals surface area (Å²) in [5.74, 6) is -1.84. The first-order valence-electron chi connectivity index (χ1n) is 7.32. The summed E-state index contributed by atoms with van der Waals surface area (Å²) in [6.07, 6.45) is 0.346. The molecule has 1 unspecified atom stereocenters. The van der Waals surface area contributed by atoms with Crippen LogP contribution in [0.5, 0.6) is 0 Å². The lowest BCUT2D eigenvalue weighted by Crippen LogP contribution is -2.47. The molecular weight excluding hydrogens is 272 g/mol. The number of aliphatic carboxylic acids is 1. The highest BCUT2D eigenvalue weighted by Gasteiger charge is 2.38. The molecule has 6 nitrogen and oxygen atoms in total. The Kier molecular flexibility index (Phi) is 5.36. The Labute approximate surface area is 125 Å². The number of rotatable bonds is 4. The second kappa shape index (κ2) is 6.45. The first-order valence-corrected chi connectivity index (χ1v) is 7.32. The summed E-state index contributed by atoms with van der Waals surface area (Å²) in [6.45, 7) is 9.98. The van der Waals surface area contributed by atoms with Crippen LogP contribution in [-0.2, 0) is 14.4 Å². The van der Waals surface area contributed by atoms with Gasteiger partial charge in [0.1, 0.15) is 6.04 Å². The van der Waals surface area contributed by atoms with Crippen LogP contribution in [0, 0.1) is 17.3 Å². The molecule has 0 spiro atoms. The number of amides is 2. The Morgan fingerprint density at radius 3 is 2.29 bits per heavy atom. The lowest BCUT2D eigenvalue weighted by atomic mass is 9.92. The molecule has 1 aliphatic rings. The molecule has 0 aromatic heterocycles. The van der Waals surface area contributed by atoms with E-state index in [1.165, 1.54) is 4.90 Å². The standard InChI is InChI=1S/C15H26N2O4/c1-9-7-17(8-11(9)14(20)21)13(19)10(2)16-12(18)6-15(3,4)5/h9-11H,6-8H2,1-5H3,(H,16,18)(H,20,21)/t9-,10?,11-/m1/s1. The summed E-state index contributed by atoms with van der Waals surface area (Å²) < 4.78 is 0. The van der Waals surface area contributed by atoms with Crippen LogP contribution in [0.25, 0.3) is 0 Å². The van der Waals surface area contributed by atoms with E-state index in [-0.39, 0.29) is 29.7 Å². The van der Waals surface area contributed by atoms with E-state index in [1.54, 1.807) is 6.92 Å². The van der Waals surface area contributed by atoms with Gasteiger partial charge in [-0.2, -0.15) is 0 Å². The van der Waals surface area contributed by atoms with Gasteiger partial charge in [-0.3, -0.25) is 14.4 Å². The summed E-state index contributed by atoms with van der Waals surface area (Å²) in [7, 11) is 0. The van der Waals surface area contributed by atoms with Crippen molar-refractivity contribution in [2.75, 3.05) is 13.1 Å². The zero-order valence-corrected chi connectivity index (χ0v) is 13.5. The number of hydrogen-bond donors (Lipinski definition) is 2. The van der Waals surface area contributed by atoms with Crippen molar-refractivity contribution in [2.24, 2.45) is 17.3 Å². The molecule has 21 heavy (non-hydrogen) atoms. The lowest BCUT2D eigenvalue weighted by Gasteiger charge is -2.23. The highest BCUT2D eigenvalue weighted by Crippen LogP contribution is 2.24. The SMILES string of the molecule is CC(NC(=O)CC(C)(C)C)C(=O)N1C[C@@H](C)[C@H](C(=O)O)C1. The Morgan fingerprint density at radius 1 is 1.29 bits per heavy atom. The molecule has 0 bridgehead atoms. The number of carboxylic acid groups (broad SMARTS) is 1. The Morgan fingerprint density at radius 2 is 1.86 bits per heavy atom. The minimum absolute atomic E-state index is 0.0658. The Hall–Kier alpha value is -1.59. The van der Waals surface area contributed by atoms with Crippen molar-refractivity contribution in [1.82, 2.24) is 10.2 Å². The Balaban J connectivity index is 2.56. The molecule has 1 saturated heterocycles. The van der Waals surface area contributed by atoms with Crippen molar-refractivity contribution in [3.05, 3.63) is 0 Å². The summed E-state index contributed by atoms with van der Waals surface area (Å²) in [5.41, 5.74) is -0.136. The average Bonchev–Trinajstić information content (AvgIpc) is 2.67. The number of carbonyl (C=O) groups is 3. The largest absolute Gasteiger partial charge is 0.481 e. The fraction of sp³-hybridized carbons (Fsp3) is 0.800. The van der Waals surface area contributed by atoms with Crippen LogP contribution in [0.1, 0.15) is 41.0 Å². The number of nitrogens with one attached hydrogen (secondary N) is 1. The molecule has 120 valence electrons. The van der Waals surface area contributed by atoms with Gasteiger partial charge < -0.3 is 15.3 Å². The molecule has 0 saturated carbocycles. The fourth-order valence-corrected chi connectivity index (χ4v) is 2.58. The van der Waals surface area contributed by atoms with Gasteiger partial charge in [0.2, 0.25) is 11.8 Å². The van der Waals surface area contributed by atoms with Gasteiger partial charge in [0.15, 0.2) is 0 Å². The third-order valence-corrected chi connectivity index (χ3v) is 3.68. The van der Waals surface area contributed by atoms with Crippen LogP contribution in [0.15, 0.2) is 0 Å². The van der Waals surface area contributed by atoms with Gasteiger partial charge in [0, 0.05) is 19.5 Å². The predicted molar refractivity (Wildman–Crippen MR) is 78.5 cm³/mol. The van der Waals surface area contributed by atoms with E-state index < -0.39 is 17.9 Å². The van der Waals surface area contributed by atoms with Gasteiger partial charge in [0.25, 0.3) is 0 Å². The van der Waals surface area contributed by atoms with Gasteiger partial charge in [0.05, 0.1) is 5.92 Å². The van der Waals surface area contributed by atoms with Crippen LogP contribution < -0.4 is 5.32 Å². The highest BCUT2D eigenvalue weighted by molar-refractivity contribution is 5.88. The van der Waals surface area contributed by atoms with Crippen molar-refractivity contribution in [3.63, 3.8) is 0 Å². The number of carboxylic acids is 1. The molecule has 0 aromatic rings. The van der Waals surface area contributed by atoms with Crippen molar-refractivity contribution in [2.45, 2.75) is 47.1 Å². The van der Waals surface area contributed by atoms with E-state index in [0.29, 0.717) is 13.0 Å². The lowest BCUT2D eigenvalue weighted by molar-refractivity contribution is -0.142. The van der Waals surface area contributed by atoms with E-state index in [0.717, 1.165) is 0 Å². The first kappa shape index (κ1) is 17.5. The summed E-state index contributed by atoms with van der Waals surface area (Å²) in [5, 5.41) is 11.8. The molecule has 0 aliphatic carbocycles.